The summed E-state index contributed by atoms with van der Waals surface area (Å²) in [6.07, 6.45) is 1.13. The molecule has 1 aromatic carbocycles. The molecule has 1 aliphatic heterocycles. The van der Waals surface area contributed by atoms with Crippen LogP contribution in [0.25, 0.3) is 0 Å². The van der Waals surface area contributed by atoms with Crippen LogP contribution < -0.4 is 15.0 Å². The lowest BCUT2D eigenvalue weighted by Crippen LogP contribution is -2.38. The number of hydrogen-bond acceptors (Lipinski definition) is 3. The molecule has 1 fully saturated rings. The van der Waals surface area contributed by atoms with E-state index in [1.165, 1.54) is 0 Å². The fraction of sp³-hybridized carbons (Fsp3) is 0.529. The van der Waals surface area contributed by atoms with Crippen LogP contribution in [-0.2, 0) is 9.59 Å². The molecule has 1 saturated heterocycles. The number of amides is 2. The van der Waals surface area contributed by atoms with Gasteiger partial charge < -0.3 is 15.0 Å². The predicted molar refractivity (Wildman–Crippen MR) is 86.1 cm³/mol. The first-order valence-electron chi connectivity index (χ1n) is 7.71. The van der Waals surface area contributed by atoms with Gasteiger partial charge in [-0.2, -0.15) is 0 Å². The second-order valence-electron chi connectivity index (χ2n) is 5.90. The second-order valence-corrected chi connectivity index (χ2v) is 5.90. The summed E-state index contributed by atoms with van der Waals surface area (Å²) in [5, 5.41) is 2.95. The number of benzene rings is 1. The number of nitrogens with one attached hydrogen (secondary N) is 1. The highest BCUT2D eigenvalue weighted by Gasteiger charge is 2.36. The number of carbonyl (C=O) groups excluding carboxylic acids is 2. The molecule has 2 amide bonds. The number of hydrogen-bond donors (Lipinski definition) is 1. The van der Waals surface area contributed by atoms with Gasteiger partial charge in [-0.25, -0.2) is 0 Å². The maximum atomic E-state index is 12.3. The lowest BCUT2D eigenvalue weighted by atomic mass is 10.1. The molecule has 120 valence electrons. The van der Waals surface area contributed by atoms with E-state index in [2.05, 4.69) is 5.32 Å². The van der Waals surface area contributed by atoms with Gasteiger partial charge in [0.05, 0.1) is 18.7 Å². The first-order chi connectivity index (χ1) is 10.5. The molecule has 1 aliphatic rings. The average molecular weight is 304 g/mol. The van der Waals surface area contributed by atoms with Crippen LogP contribution in [0.5, 0.6) is 5.75 Å². The van der Waals surface area contributed by atoms with Crippen molar-refractivity contribution in [2.75, 3.05) is 18.6 Å². The van der Waals surface area contributed by atoms with Crippen molar-refractivity contribution in [3.05, 3.63) is 23.8 Å². The molecule has 0 bridgehead atoms. The summed E-state index contributed by atoms with van der Waals surface area (Å²) in [6.45, 7) is 6.36. The summed E-state index contributed by atoms with van der Waals surface area (Å²) in [6, 6.07) is 5.84. The molecule has 1 aromatic rings. The summed E-state index contributed by atoms with van der Waals surface area (Å²) in [5.41, 5.74) is 1.79. The molecule has 1 heterocycles. The Morgan fingerprint density at radius 2 is 2.23 bits per heavy atom. The topological polar surface area (TPSA) is 58.6 Å². The minimum atomic E-state index is -0.299. The summed E-state index contributed by atoms with van der Waals surface area (Å²) in [4.78, 5) is 26.2. The Kier molecular flexibility index (Phi) is 5.06. The third-order valence-corrected chi connectivity index (χ3v) is 4.12. The molecule has 0 spiro atoms. The van der Waals surface area contributed by atoms with Gasteiger partial charge in [-0.1, -0.05) is 13.0 Å². The van der Waals surface area contributed by atoms with Crippen molar-refractivity contribution < 1.29 is 14.3 Å². The molecule has 5 nitrogen and oxygen atoms in total. The van der Waals surface area contributed by atoms with E-state index in [9.17, 15) is 9.59 Å². The van der Waals surface area contributed by atoms with Crippen LogP contribution in [0.1, 0.15) is 32.3 Å². The molecule has 22 heavy (non-hydrogen) atoms. The van der Waals surface area contributed by atoms with E-state index >= 15 is 0 Å². The Morgan fingerprint density at radius 3 is 2.86 bits per heavy atom. The number of carbonyl (C=O) groups is 2. The first kappa shape index (κ1) is 16.3. The van der Waals surface area contributed by atoms with Gasteiger partial charge in [0.1, 0.15) is 5.75 Å². The van der Waals surface area contributed by atoms with Crippen LogP contribution in [0.3, 0.4) is 0 Å². The van der Waals surface area contributed by atoms with E-state index in [1.807, 2.05) is 39.0 Å². The van der Waals surface area contributed by atoms with Gasteiger partial charge >= 0.3 is 0 Å². The lowest BCUT2D eigenvalue weighted by Gasteiger charge is -2.20. The minimum Gasteiger partial charge on any atom is -0.495 e. The van der Waals surface area contributed by atoms with Crippen LogP contribution in [0.4, 0.5) is 5.69 Å². The number of aryl methyl sites for hydroxylation is 1. The predicted octanol–water partition coefficient (Wildman–Crippen LogP) is 2.27. The monoisotopic (exact) mass is 304 g/mol. The second kappa shape index (κ2) is 6.81. The third kappa shape index (κ3) is 3.40. The molecule has 5 heteroatoms. The Morgan fingerprint density at radius 1 is 1.50 bits per heavy atom. The lowest BCUT2D eigenvalue weighted by molar-refractivity contribution is -0.126. The number of methoxy groups -OCH3 is 1. The van der Waals surface area contributed by atoms with Crippen molar-refractivity contribution >= 4 is 17.5 Å². The summed E-state index contributed by atoms with van der Waals surface area (Å²) < 4.78 is 5.34. The van der Waals surface area contributed by atoms with Gasteiger partial charge in [-0.3, -0.25) is 9.59 Å². The highest BCUT2D eigenvalue weighted by Crippen LogP contribution is 2.33. The molecular formula is C17H24N2O3. The van der Waals surface area contributed by atoms with Crippen molar-refractivity contribution in [3.63, 3.8) is 0 Å². The Balaban J connectivity index is 2.16. The van der Waals surface area contributed by atoms with Gasteiger partial charge in [0.15, 0.2) is 0 Å². The number of nitrogens with zero attached hydrogens (tertiary/aromatic N) is 1. The van der Waals surface area contributed by atoms with E-state index in [4.69, 9.17) is 4.74 Å². The fourth-order valence-corrected chi connectivity index (χ4v) is 2.59. The van der Waals surface area contributed by atoms with E-state index < -0.39 is 0 Å². The molecule has 0 radical (unpaired) electrons. The standard InChI is InChI=1S/C17H24N2O3/c1-5-12(3)18-17(21)13-9-16(20)19(10-13)14-8-11(2)6-7-15(14)22-4/h6-8,12-13H,5,9-10H2,1-4H3,(H,18,21)/t12-,13+/m0/s1. The van der Waals surface area contributed by atoms with Crippen LogP contribution in [0, 0.1) is 12.8 Å². The highest BCUT2D eigenvalue weighted by atomic mass is 16.5. The first-order valence-corrected chi connectivity index (χ1v) is 7.71. The van der Waals surface area contributed by atoms with E-state index in [0.717, 1.165) is 17.7 Å². The van der Waals surface area contributed by atoms with Gasteiger partial charge in [0, 0.05) is 19.0 Å². The van der Waals surface area contributed by atoms with Crippen molar-refractivity contribution in [3.8, 4) is 5.75 Å². The van der Waals surface area contributed by atoms with Gasteiger partial charge in [0.2, 0.25) is 11.8 Å². The van der Waals surface area contributed by atoms with E-state index in [0.29, 0.717) is 12.3 Å². The fourth-order valence-electron chi connectivity index (χ4n) is 2.59. The van der Waals surface area contributed by atoms with Crippen molar-refractivity contribution in [2.45, 2.75) is 39.7 Å². The van der Waals surface area contributed by atoms with Crippen molar-refractivity contribution in [1.29, 1.82) is 0 Å². The van der Waals surface area contributed by atoms with Gasteiger partial charge in [0.25, 0.3) is 0 Å². The average Bonchev–Trinajstić information content (AvgIpc) is 2.89. The molecule has 2 atom stereocenters. The van der Waals surface area contributed by atoms with Crippen LogP contribution >= 0.6 is 0 Å². The van der Waals surface area contributed by atoms with E-state index in [1.54, 1.807) is 12.0 Å². The Hall–Kier alpha value is -2.04. The molecule has 1 N–H and O–H groups in total. The Bertz CT molecular complexity index is 571. The van der Waals surface area contributed by atoms with Gasteiger partial charge in [-0.05, 0) is 38.0 Å². The molecule has 0 unspecified atom stereocenters. The summed E-state index contributed by atoms with van der Waals surface area (Å²) >= 11 is 0. The maximum absolute atomic E-state index is 12.3. The molecule has 0 saturated carbocycles. The number of rotatable bonds is 5. The third-order valence-electron chi connectivity index (χ3n) is 4.12. The molecular weight excluding hydrogens is 280 g/mol. The quantitative estimate of drug-likeness (QED) is 0.908. The molecule has 0 aromatic heterocycles. The zero-order chi connectivity index (χ0) is 16.3. The largest absolute Gasteiger partial charge is 0.495 e. The van der Waals surface area contributed by atoms with Crippen LogP contribution in [0.15, 0.2) is 18.2 Å². The normalized spacial score (nSPS) is 19.2. The molecule has 2 rings (SSSR count). The SMILES string of the molecule is CC[C@H](C)NC(=O)[C@@H]1CC(=O)N(c2cc(C)ccc2OC)C1. The number of anilines is 1. The number of ether oxygens (including phenoxy) is 1. The smallest absolute Gasteiger partial charge is 0.227 e. The summed E-state index contributed by atoms with van der Waals surface area (Å²) in [5.74, 6) is 0.277. The zero-order valence-corrected chi connectivity index (χ0v) is 13.7. The minimum absolute atomic E-state index is 0.0341. The van der Waals surface area contributed by atoms with Crippen molar-refractivity contribution in [2.24, 2.45) is 5.92 Å². The summed E-state index contributed by atoms with van der Waals surface area (Å²) in [7, 11) is 1.59. The van der Waals surface area contributed by atoms with Crippen LogP contribution in [-0.4, -0.2) is 31.5 Å². The van der Waals surface area contributed by atoms with E-state index in [-0.39, 0.29) is 30.2 Å². The Labute approximate surface area is 131 Å². The maximum Gasteiger partial charge on any atom is 0.227 e. The van der Waals surface area contributed by atoms with Crippen molar-refractivity contribution in [1.82, 2.24) is 5.32 Å². The molecule has 0 aliphatic carbocycles. The highest BCUT2D eigenvalue weighted by molar-refractivity contribution is 6.01. The van der Waals surface area contributed by atoms with Crippen LogP contribution in [0.2, 0.25) is 0 Å². The zero-order valence-electron chi connectivity index (χ0n) is 13.7. The van der Waals surface area contributed by atoms with Gasteiger partial charge in [-0.15, -0.1) is 0 Å².